The molecule has 71 heavy (non-hydrogen) atoms. The van der Waals surface area contributed by atoms with Crippen molar-refractivity contribution < 1.29 is 4.42 Å². The third kappa shape index (κ3) is 6.84. The molecular formula is C66H72BN3O. The molecule has 0 amide bonds. The molecule has 12 rings (SSSR count). The van der Waals surface area contributed by atoms with E-state index in [0.29, 0.717) is 0 Å². The minimum Gasteiger partial charge on any atom is -0.456 e. The highest BCUT2D eigenvalue weighted by molar-refractivity contribution is 7.00. The molecule has 0 saturated heterocycles. The smallest absolute Gasteiger partial charge is 0.252 e. The summed E-state index contributed by atoms with van der Waals surface area (Å²) in [4.78, 5) is 8.07. The maximum absolute atomic E-state index is 6.73. The summed E-state index contributed by atoms with van der Waals surface area (Å²) in [7, 11) is 0. The van der Waals surface area contributed by atoms with Crippen molar-refractivity contribution in [1.29, 1.82) is 0 Å². The van der Waals surface area contributed by atoms with Crippen LogP contribution in [0.25, 0.3) is 21.9 Å². The number of hydrogen-bond acceptors (Lipinski definition) is 4. The van der Waals surface area contributed by atoms with Crippen molar-refractivity contribution >= 4 is 90.5 Å². The van der Waals surface area contributed by atoms with Crippen molar-refractivity contribution in [3.63, 3.8) is 0 Å². The number of furan rings is 1. The summed E-state index contributed by atoms with van der Waals surface area (Å²) in [6.45, 7) is 33.4. The maximum Gasteiger partial charge on any atom is 0.252 e. The van der Waals surface area contributed by atoms with Gasteiger partial charge in [0.15, 0.2) is 0 Å². The fourth-order valence-corrected chi connectivity index (χ4v) is 13.2. The average Bonchev–Trinajstić information content (AvgIpc) is 3.78. The lowest BCUT2D eigenvalue weighted by Crippen LogP contribution is -2.61. The highest BCUT2D eigenvalue weighted by Gasteiger charge is 2.58. The van der Waals surface area contributed by atoms with Gasteiger partial charge >= 0.3 is 0 Å². The molecule has 8 aromatic rings. The van der Waals surface area contributed by atoms with Gasteiger partial charge in [-0.05, 0) is 146 Å². The molecule has 5 heteroatoms. The summed E-state index contributed by atoms with van der Waals surface area (Å²) in [5, 5.41) is 2.29. The summed E-state index contributed by atoms with van der Waals surface area (Å²) in [6.07, 6.45) is 4.74. The zero-order chi connectivity index (χ0) is 49.9. The molecule has 4 nitrogen and oxygen atoms in total. The van der Waals surface area contributed by atoms with E-state index in [1.165, 1.54) is 103 Å². The van der Waals surface area contributed by atoms with E-state index in [0.717, 1.165) is 34.0 Å². The van der Waals surface area contributed by atoms with Gasteiger partial charge in [0.2, 0.25) is 0 Å². The third-order valence-electron chi connectivity index (χ3n) is 17.6. The largest absolute Gasteiger partial charge is 0.456 e. The predicted molar refractivity (Wildman–Crippen MR) is 305 cm³/mol. The second-order valence-corrected chi connectivity index (χ2v) is 26.3. The molecule has 360 valence electrons. The quantitative estimate of drug-likeness (QED) is 0.165. The minimum absolute atomic E-state index is 0.00828. The van der Waals surface area contributed by atoms with Crippen molar-refractivity contribution in [2.75, 3.05) is 14.7 Å². The van der Waals surface area contributed by atoms with Crippen LogP contribution in [-0.2, 0) is 27.1 Å². The van der Waals surface area contributed by atoms with Gasteiger partial charge in [-0.1, -0.05) is 170 Å². The first kappa shape index (κ1) is 45.9. The van der Waals surface area contributed by atoms with Crippen LogP contribution in [0.1, 0.15) is 150 Å². The van der Waals surface area contributed by atoms with Crippen LogP contribution in [0.5, 0.6) is 0 Å². The molecule has 4 aliphatic rings. The SMILES string of the molecule is CC(C)(C)c1cccc(N2c3cc(C(C)(C)C)ccc3B3c4ccc(C(C)(C)C)cc4N(c4ccc5c(c4)oc4ccccc45)c4cc(N5c6ccc(C(C)(C)C)cc6C6(C)CCCCC56C)cc2c43)c1. The van der Waals surface area contributed by atoms with Crippen molar-refractivity contribution in [2.45, 2.75) is 155 Å². The number of nitrogens with zero attached hydrogens (tertiary/aromatic N) is 3. The van der Waals surface area contributed by atoms with Crippen LogP contribution < -0.4 is 31.1 Å². The Morgan fingerprint density at radius 2 is 0.972 bits per heavy atom. The van der Waals surface area contributed by atoms with Gasteiger partial charge in [0.05, 0.1) is 5.54 Å². The Morgan fingerprint density at radius 3 is 1.59 bits per heavy atom. The van der Waals surface area contributed by atoms with Crippen LogP contribution in [0.2, 0.25) is 0 Å². The van der Waals surface area contributed by atoms with E-state index in [2.05, 4.69) is 245 Å². The van der Waals surface area contributed by atoms with Gasteiger partial charge in [-0.25, -0.2) is 0 Å². The molecule has 1 saturated carbocycles. The molecular weight excluding hydrogens is 862 g/mol. The van der Waals surface area contributed by atoms with Crippen molar-refractivity contribution in [3.8, 4) is 0 Å². The van der Waals surface area contributed by atoms with Crippen molar-refractivity contribution in [3.05, 3.63) is 161 Å². The first-order chi connectivity index (χ1) is 33.5. The van der Waals surface area contributed by atoms with Gasteiger partial charge in [0.25, 0.3) is 6.71 Å². The monoisotopic (exact) mass is 934 g/mol. The summed E-state index contributed by atoms with van der Waals surface area (Å²) >= 11 is 0. The maximum atomic E-state index is 6.73. The first-order valence-corrected chi connectivity index (χ1v) is 26.5. The van der Waals surface area contributed by atoms with Crippen molar-refractivity contribution in [1.82, 2.24) is 0 Å². The lowest BCUT2D eigenvalue weighted by Gasteiger charge is -2.51. The van der Waals surface area contributed by atoms with Gasteiger partial charge in [-0.3, -0.25) is 0 Å². The molecule has 0 spiro atoms. The molecule has 0 radical (unpaired) electrons. The molecule has 2 atom stereocenters. The Bertz CT molecular complexity index is 3500. The Kier molecular flexibility index (Phi) is 9.81. The standard InChI is InChI=1S/C66H72BN3O/c1-61(2,3)41-20-19-21-45(34-41)68-54-36-43(63(7,8)9)24-29-51(54)67-52-30-25-44(64(10,11)12)37-55(52)69(46-27-28-49-48-22-15-16-23-58(48)71-59(49)40-46)57-39-47(38-56(68)60(57)67)70-53-31-26-42(62(4,5)6)35-50(53)65(13)32-17-18-33-66(65,70)14/h15-16,19-31,34-40H,17-18,32-33H2,1-14H3. The number of benzene rings is 7. The Balaban J connectivity index is 1.22. The highest BCUT2D eigenvalue weighted by Crippen LogP contribution is 2.62. The summed E-state index contributed by atoms with van der Waals surface area (Å²) in [5.41, 5.74) is 22.2. The average molecular weight is 934 g/mol. The van der Waals surface area contributed by atoms with Crippen molar-refractivity contribution in [2.24, 2.45) is 0 Å². The number of fused-ring (bicyclic) bond motifs is 10. The van der Waals surface area contributed by atoms with Crippen LogP contribution >= 0.6 is 0 Å². The molecule has 0 bridgehead atoms. The van der Waals surface area contributed by atoms with E-state index in [9.17, 15) is 0 Å². The Morgan fingerprint density at radius 1 is 0.437 bits per heavy atom. The van der Waals surface area contributed by atoms with Gasteiger partial charge in [0, 0.05) is 67.8 Å². The summed E-state index contributed by atoms with van der Waals surface area (Å²) in [5.74, 6) is 0. The summed E-state index contributed by atoms with van der Waals surface area (Å²) < 4.78 is 6.73. The fraction of sp³-hybridized carbons (Fsp3) is 0.364. The van der Waals surface area contributed by atoms with Gasteiger partial charge < -0.3 is 19.1 Å². The van der Waals surface area contributed by atoms with Crippen LogP contribution in [0, 0.1) is 0 Å². The van der Waals surface area contributed by atoms with Gasteiger partial charge in [0.1, 0.15) is 11.2 Å². The number of rotatable bonds is 3. The second-order valence-electron chi connectivity index (χ2n) is 26.3. The van der Waals surface area contributed by atoms with Crippen LogP contribution in [0.15, 0.2) is 138 Å². The molecule has 1 aliphatic carbocycles. The molecule has 3 aliphatic heterocycles. The van der Waals surface area contributed by atoms with E-state index < -0.39 is 0 Å². The number of hydrogen-bond donors (Lipinski definition) is 0. The topological polar surface area (TPSA) is 22.9 Å². The number of para-hydroxylation sites is 1. The fourth-order valence-electron chi connectivity index (χ4n) is 13.2. The summed E-state index contributed by atoms with van der Waals surface area (Å²) in [6, 6.07) is 52.2. The molecule has 2 unspecified atom stereocenters. The van der Waals surface area contributed by atoms with Gasteiger partial charge in [-0.15, -0.1) is 0 Å². The minimum atomic E-state index is -0.155. The molecule has 0 N–H and O–H groups in total. The highest BCUT2D eigenvalue weighted by atomic mass is 16.3. The lowest BCUT2D eigenvalue weighted by molar-refractivity contribution is 0.195. The second kappa shape index (κ2) is 15.2. The Hall–Kier alpha value is -6.20. The number of anilines is 8. The Labute approximate surface area is 424 Å². The normalized spacial score (nSPS) is 19.7. The van der Waals surface area contributed by atoms with E-state index in [4.69, 9.17) is 4.42 Å². The third-order valence-corrected chi connectivity index (χ3v) is 17.6. The molecule has 1 fully saturated rings. The zero-order valence-corrected chi connectivity index (χ0v) is 44.9. The van der Waals surface area contributed by atoms with E-state index in [1.54, 1.807) is 0 Å². The lowest BCUT2D eigenvalue weighted by atomic mass is 9.33. The van der Waals surface area contributed by atoms with E-state index in [-0.39, 0.29) is 39.3 Å². The molecule has 4 heterocycles. The van der Waals surface area contributed by atoms with Crippen LogP contribution in [0.3, 0.4) is 0 Å². The molecule has 1 aromatic heterocycles. The molecule has 7 aromatic carbocycles. The predicted octanol–water partition coefficient (Wildman–Crippen LogP) is 16.6. The first-order valence-electron chi connectivity index (χ1n) is 26.5. The van der Waals surface area contributed by atoms with E-state index >= 15 is 0 Å². The van der Waals surface area contributed by atoms with Gasteiger partial charge in [-0.2, -0.15) is 0 Å². The zero-order valence-electron chi connectivity index (χ0n) is 44.9. The van der Waals surface area contributed by atoms with E-state index in [1.807, 2.05) is 0 Å². The van der Waals surface area contributed by atoms with Crippen LogP contribution in [-0.4, -0.2) is 12.3 Å². The van der Waals surface area contributed by atoms with Crippen LogP contribution in [0.4, 0.5) is 45.5 Å².